The molecule has 12 heteroatoms. The highest BCUT2D eigenvalue weighted by molar-refractivity contribution is 6.33. The minimum absolute atomic E-state index is 0.0870. The van der Waals surface area contributed by atoms with Crippen LogP contribution in [0.5, 0.6) is 5.75 Å². The standard InChI is InChI=1S/C19H17ClF5N5O/c1-9(2)4-5-31-11-6-12(21)14(13(22)7-11)15-16(20)29-18-26-8-27-30(18)17(15)28-10(3)19(23,24)25/h4,6-8,10,28H,5H2,1-3H3. The van der Waals surface area contributed by atoms with Crippen LogP contribution >= 0.6 is 11.6 Å². The molecule has 0 spiro atoms. The lowest BCUT2D eigenvalue weighted by molar-refractivity contribution is -0.138. The molecule has 0 fully saturated rings. The van der Waals surface area contributed by atoms with Gasteiger partial charge in [0.1, 0.15) is 47.3 Å². The summed E-state index contributed by atoms with van der Waals surface area (Å²) in [6, 6.07) is -0.262. The lowest BCUT2D eigenvalue weighted by atomic mass is 10.1. The van der Waals surface area contributed by atoms with Crippen LogP contribution in [0.1, 0.15) is 20.8 Å². The van der Waals surface area contributed by atoms with Crippen molar-refractivity contribution in [1.82, 2.24) is 19.6 Å². The molecule has 2 heterocycles. The number of fused-ring (bicyclic) bond motifs is 1. The predicted molar refractivity (Wildman–Crippen MR) is 105 cm³/mol. The summed E-state index contributed by atoms with van der Waals surface area (Å²) < 4.78 is 75.5. The van der Waals surface area contributed by atoms with Gasteiger partial charge in [-0.3, -0.25) is 0 Å². The van der Waals surface area contributed by atoms with Gasteiger partial charge in [0, 0.05) is 12.1 Å². The molecule has 0 bridgehead atoms. The van der Waals surface area contributed by atoms with Crippen molar-refractivity contribution in [1.29, 1.82) is 0 Å². The summed E-state index contributed by atoms with van der Waals surface area (Å²) in [5, 5.41) is 5.52. The van der Waals surface area contributed by atoms with Crippen molar-refractivity contribution in [2.24, 2.45) is 0 Å². The predicted octanol–water partition coefficient (Wildman–Crippen LogP) is 5.43. The van der Waals surface area contributed by atoms with Gasteiger partial charge < -0.3 is 10.1 Å². The highest BCUT2D eigenvalue weighted by Crippen LogP contribution is 2.39. The van der Waals surface area contributed by atoms with Crippen molar-refractivity contribution in [2.45, 2.75) is 33.0 Å². The van der Waals surface area contributed by atoms with Crippen LogP contribution in [0.15, 0.2) is 30.1 Å². The van der Waals surface area contributed by atoms with E-state index in [2.05, 4.69) is 20.4 Å². The topological polar surface area (TPSA) is 64.3 Å². The Morgan fingerprint density at radius 3 is 2.45 bits per heavy atom. The van der Waals surface area contributed by atoms with Gasteiger partial charge in [0.05, 0.1) is 11.1 Å². The van der Waals surface area contributed by atoms with E-state index in [1.54, 1.807) is 6.08 Å². The Hall–Kier alpha value is -2.95. The summed E-state index contributed by atoms with van der Waals surface area (Å²) in [7, 11) is 0. The SMILES string of the molecule is CC(C)=CCOc1cc(F)c(-c2c(Cl)nc3ncnn3c2NC(C)C(F)(F)F)c(F)c1. The molecule has 0 aliphatic rings. The molecule has 0 saturated heterocycles. The highest BCUT2D eigenvalue weighted by Gasteiger charge is 2.37. The molecule has 0 aliphatic heterocycles. The molecule has 2 aromatic heterocycles. The fourth-order valence-corrected chi connectivity index (χ4v) is 2.89. The average molecular weight is 462 g/mol. The number of aromatic nitrogens is 4. The molecule has 166 valence electrons. The molecule has 1 unspecified atom stereocenters. The maximum absolute atomic E-state index is 14.9. The second kappa shape index (κ2) is 8.66. The first-order valence-electron chi connectivity index (χ1n) is 8.97. The van der Waals surface area contributed by atoms with Crippen LogP contribution in [0.2, 0.25) is 5.15 Å². The Bertz CT molecular complexity index is 1120. The van der Waals surface area contributed by atoms with E-state index >= 15 is 0 Å². The first-order chi connectivity index (χ1) is 14.5. The molecule has 6 nitrogen and oxygen atoms in total. The number of allylic oxidation sites excluding steroid dienone is 1. The minimum Gasteiger partial charge on any atom is -0.489 e. The average Bonchev–Trinajstić information content (AvgIpc) is 3.10. The second-order valence-corrected chi connectivity index (χ2v) is 7.22. The van der Waals surface area contributed by atoms with Crippen LogP contribution in [-0.2, 0) is 0 Å². The van der Waals surface area contributed by atoms with E-state index < -0.39 is 46.0 Å². The molecular weight excluding hydrogens is 445 g/mol. The quantitative estimate of drug-likeness (QED) is 0.301. The maximum atomic E-state index is 14.9. The third kappa shape index (κ3) is 4.87. The second-order valence-electron chi connectivity index (χ2n) is 6.86. The summed E-state index contributed by atoms with van der Waals surface area (Å²) in [5.74, 6) is -2.85. The number of nitrogens with zero attached hydrogens (tertiary/aromatic N) is 4. The monoisotopic (exact) mass is 461 g/mol. The van der Waals surface area contributed by atoms with Crippen molar-refractivity contribution in [3.8, 4) is 16.9 Å². The molecule has 3 rings (SSSR count). The highest BCUT2D eigenvalue weighted by atomic mass is 35.5. The molecule has 0 aliphatic carbocycles. The number of hydrogen-bond donors (Lipinski definition) is 1. The fraction of sp³-hybridized carbons (Fsp3) is 0.316. The van der Waals surface area contributed by atoms with E-state index in [1.807, 2.05) is 13.8 Å². The Balaban J connectivity index is 2.15. The van der Waals surface area contributed by atoms with Gasteiger partial charge in [-0.2, -0.15) is 32.8 Å². The van der Waals surface area contributed by atoms with E-state index in [4.69, 9.17) is 16.3 Å². The first-order valence-corrected chi connectivity index (χ1v) is 9.35. The fourth-order valence-electron chi connectivity index (χ4n) is 2.64. The summed E-state index contributed by atoms with van der Waals surface area (Å²) >= 11 is 6.11. The number of hydrogen-bond acceptors (Lipinski definition) is 5. The van der Waals surface area contributed by atoms with Gasteiger partial charge in [0.2, 0.25) is 0 Å². The molecule has 1 aromatic carbocycles. The van der Waals surface area contributed by atoms with Gasteiger partial charge in [0.15, 0.2) is 0 Å². The zero-order valence-electron chi connectivity index (χ0n) is 16.6. The van der Waals surface area contributed by atoms with Crippen LogP contribution in [0, 0.1) is 11.6 Å². The summed E-state index contributed by atoms with van der Waals surface area (Å²) in [4.78, 5) is 7.65. The Kier molecular flexibility index (Phi) is 6.35. The zero-order chi connectivity index (χ0) is 22.9. The molecule has 31 heavy (non-hydrogen) atoms. The molecule has 0 radical (unpaired) electrons. The molecular formula is C19H17ClF5N5O. The van der Waals surface area contributed by atoms with E-state index in [9.17, 15) is 22.0 Å². The molecule has 1 N–H and O–H groups in total. The largest absolute Gasteiger partial charge is 0.489 e. The Labute approximate surface area is 178 Å². The summed E-state index contributed by atoms with van der Waals surface area (Å²) in [6.07, 6.45) is -1.91. The van der Waals surface area contributed by atoms with Crippen LogP contribution < -0.4 is 10.1 Å². The number of ether oxygens (including phenoxy) is 1. The number of rotatable bonds is 6. The zero-order valence-corrected chi connectivity index (χ0v) is 17.3. The van der Waals surface area contributed by atoms with Gasteiger partial charge in [0.25, 0.3) is 5.78 Å². The third-order valence-electron chi connectivity index (χ3n) is 4.23. The molecule has 3 aromatic rings. The lowest BCUT2D eigenvalue weighted by Gasteiger charge is -2.21. The minimum atomic E-state index is -4.65. The van der Waals surface area contributed by atoms with Crippen molar-refractivity contribution >= 4 is 23.2 Å². The number of halogens is 6. The van der Waals surface area contributed by atoms with Crippen LogP contribution in [0.25, 0.3) is 16.9 Å². The van der Waals surface area contributed by atoms with Gasteiger partial charge in [-0.15, -0.1) is 0 Å². The normalized spacial score (nSPS) is 12.7. The van der Waals surface area contributed by atoms with Crippen molar-refractivity contribution < 1.29 is 26.7 Å². The summed E-state index contributed by atoms with van der Waals surface area (Å²) in [6.45, 7) is 4.59. The number of anilines is 1. The maximum Gasteiger partial charge on any atom is 0.408 e. The Morgan fingerprint density at radius 2 is 1.87 bits per heavy atom. The van der Waals surface area contributed by atoms with E-state index in [1.165, 1.54) is 0 Å². The van der Waals surface area contributed by atoms with Gasteiger partial charge in [-0.25, -0.2) is 8.78 Å². The van der Waals surface area contributed by atoms with E-state index in [-0.39, 0.29) is 18.1 Å². The number of nitrogens with one attached hydrogen (secondary N) is 1. The van der Waals surface area contributed by atoms with E-state index in [0.29, 0.717) is 0 Å². The molecule has 0 saturated carbocycles. The van der Waals surface area contributed by atoms with Gasteiger partial charge >= 0.3 is 6.18 Å². The van der Waals surface area contributed by atoms with Crippen LogP contribution in [0.4, 0.5) is 27.8 Å². The van der Waals surface area contributed by atoms with Crippen molar-refractivity contribution in [3.63, 3.8) is 0 Å². The smallest absolute Gasteiger partial charge is 0.408 e. The Morgan fingerprint density at radius 1 is 1.23 bits per heavy atom. The van der Waals surface area contributed by atoms with Gasteiger partial charge in [-0.05, 0) is 26.8 Å². The van der Waals surface area contributed by atoms with E-state index in [0.717, 1.165) is 35.5 Å². The van der Waals surface area contributed by atoms with Crippen molar-refractivity contribution in [3.05, 3.63) is 46.9 Å². The van der Waals surface area contributed by atoms with Crippen LogP contribution in [0.3, 0.4) is 0 Å². The molecule has 0 amide bonds. The van der Waals surface area contributed by atoms with Gasteiger partial charge in [-0.1, -0.05) is 17.2 Å². The lowest BCUT2D eigenvalue weighted by Crippen LogP contribution is -2.34. The number of benzene rings is 1. The van der Waals surface area contributed by atoms with Crippen molar-refractivity contribution in [2.75, 3.05) is 11.9 Å². The van der Waals surface area contributed by atoms with Crippen LogP contribution in [-0.4, -0.2) is 38.4 Å². The first kappa shape index (κ1) is 22.7. The third-order valence-corrected chi connectivity index (χ3v) is 4.51. The summed E-state index contributed by atoms with van der Waals surface area (Å²) in [5.41, 5.74) is -0.158. The number of alkyl halides is 3. The molecule has 1 atom stereocenters.